The summed E-state index contributed by atoms with van der Waals surface area (Å²) >= 11 is 0. The first kappa shape index (κ1) is 27.1. The van der Waals surface area contributed by atoms with Gasteiger partial charge in [0.15, 0.2) is 9.84 Å². The van der Waals surface area contributed by atoms with Gasteiger partial charge in [-0.15, -0.1) is 0 Å². The van der Waals surface area contributed by atoms with E-state index in [1.807, 2.05) is 6.92 Å². The number of carbonyl (C=O) groups is 2. The molecule has 2 aromatic rings. The topological polar surface area (TPSA) is 83.6 Å². The Labute approximate surface area is 213 Å². The van der Waals surface area contributed by atoms with E-state index < -0.39 is 51.3 Å². The zero-order chi connectivity index (χ0) is 27.3. The van der Waals surface area contributed by atoms with Crippen LogP contribution in [0.3, 0.4) is 0 Å². The van der Waals surface area contributed by atoms with Crippen LogP contribution in [0.25, 0.3) is 0 Å². The molecule has 1 heterocycles. The van der Waals surface area contributed by atoms with Crippen molar-refractivity contribution >= 4 is 21.7 Å². The molecule has 1 saturated heterocycles. The molecule has 0 aromatic heterocycles. The van der Waals surface area contributed by atoms with Crippen LogP contribution in [0, 0.1) is 24.6 Å². The van der Waals surface area contributed by atoms with E-state index in [4.69, 9.17) is 0 Å². The van der Waals surface area contributed by atoms with Crippen molar-refractivity contribution in [3.8, 4) is 0 Å². The van der Waals surface area contributed by atoms with Crippen molar-refractivity contribution in [1.82, 2.24) is 10.2 Å². The maximum absolute atomic E-state index is 14.7. The summed E-state index contributed by atoms with van der Waals surface area (Å²) in [5.74, 6) is -2.22. The van der Waals surface area contributed by atoms with Gasteiger partial charge in [-0.2, -0.15) is 13.2 Å². The number of carbonyl (C=O) groups excluding carboxylic acids is 2. The second-order valence-electron chi connectivity index (χ2n) is 10.1. The number of hydrogen-bond donors (Lipinski definition) is 1. The minimum Gasteiger partial charge on any atom is -0.347 e. The molecule has 1 aliphatic carbocycles. The fourth-order valence-electron chi connectivity index (χ4n) is 4.90. The van der Waals surface area contributed by atoms with E-state index in [-0.39, 0.29) is 34.4 Å². The van der Waals surface area contributed by atoms with Crippen molar-refractivity contribution in [3.63, 3.8) is 0 Å². The lowest BCUT2D eigenvalue weighted by molar-refractivity contribution is -0.137. The average Bonchev–Trinajstić information content (AvgIpc) is 3.56. The van der Waals surface area contributed by atoms with Crippen LogP contribution in [-0.4, -0.2) is 44.0 Å². The van der Waals surface area contributed by atoms with E-state index in [1.165, 1.54) is 23.1 Å². The SMILES string of the molecule is Cc1ccc(C(=O)N2C[C@H](C)C[C@@H]2C(=O)N[C@@H](c2ccc(C(F)(F)F)cc2F)C2CC2)cc1S(C)(=O)=O. The molecule has 6 nitrogen and oxygen atoms in total. The highest BCUT2D eigenvalue weighted by Gasteiger charge is 2.42. The second-order valence-corrected chi connectivity index (χ2v) is 12.1. The third-order valence-electron chi connectivity index (χ3n) is 6.96. The first-order valence-electron chi connectivity index (χ1n) is 12.0. The van der Waals surface area contributed by atoms with Crippen LogP contribution in [0.5, 0.6) is 0 Å². The number of aryl methyl sites for hydroxylation is 1. The lowest BCUT2D eigenvalue weighted by atomic mass is 9.98. The minimum atomic E-state index is -4.69. The Hall–Kier alpha value is -2.95. The van der Waals surface area contributed by atoms with Gasteiger partial charge in [-0.1, -0.05) is 19.1 Å². The van der Waals surface area contributed by atoms with Crippen molar-refractivity contribution in [1.29, 1.82) is 0 Å². The summed E-state index contributed by atoms with van der Waals surface area (Å²) < 4.78 is 77.9. The highest BCUT2D eigenvalue weighted by Crippen LogP contribution is 2.43. The molecular formula is C26H28F4N2O4S. The van der Waals surface area contributed by atoms with Crippen LogP contribution in [0.1, 0.15) is 59.3 Å². The Kier molecular flexibility index (Phi) is 7.13. The van der Waals surface area contributed by atoms with E-state index in [0.717, 1.165) is 18.4 Å². The number of likely N-dealkylation sites (tertiary alicyclic amines) is 1. The van der Waals surface area contributed by atoms with E-state index >= 15 is 0 Å². The van der Waals surface area contributed by atoms with E-state index in [0.29, 0.717) is 30.9 Å². The Bertz CT molecular complexity index is 1340. The number of nitrogens with zero attached hydrogens (tertiary/aromatic N) is 1. The van der Waals surface area contributed by atoms with Gasteiger partial charge in [0.05, 0.1) is 16.5 Å². The first-order chi connectivity index (χ1) is 17.2. The molecule has 0 unspecified atom stereocenters. The highest BCUT2D eigenvalue weighted by molar-refractivity contribution is 7.90. The fourth-order valence-corrected chi connectivity index (χ4v) is 5.90. The summed E-state index contributed by atoms with van der Waals surface area (Å²) in [4.78, 5) is 28.1. The lowest BCUT2D eigenvalue weighted by Gasteiger charge is -2.27. The maximum atomic E-state index is 14.7. The third kappa shape index (κ3) is 5.81. The standard InChI is InChI=1S/C26H28F4N2O4S/c1-14-10-21(32(13-14)25(34)17-5-4-15(2)22(11-17)37(3,35)36)24(33)31-23(16-6-7-16)19-9-8-18(12-20(19)27)26(28,29)30/h4-5,8-9,11-12,14,16,21,23H,6-7,10,13H2,1-3H3,(H,31,33)/t14-,21-,23-/m1/s1. The molecule has 2 amide bonds. The summed E-state index contributed by atoms with van der Waals surface area (Å²) in [7, 11) is -3.58. The smallest absolute Gasteiger partial charge is 0.347 e. The summed E-state index contributed by atoms with van der Waals surface area (Å²) in [6, 6.07) is 4.92. The van der Waals surface area contributed by atoms with Gasteiger partial charge in [0.1, 0.15) is 11.9 Å². The van der Waals surface area contributed by atoms with Gasteiger partial charge in [0.2, 0.25) is 5.91 Å². The molecule has 2 aromatic carbocycles. The Morgan fingerprint density at radius 3 is 2.35 bits per heavy atom. The quantitative estimate of drug-likeness (QED) is 0.540. The summed E-state index contributed by atoms with van der Waals surface area (Å²) in [6.07, 6.45) is -1.92. The monoisotopic (exact) mass is 540 g/mol. The Morgan fingerprint density at radius 2 is 1.78 bits per heavy atom. The number of rotatable bonds is 6. The van der Waals surface area contributed by atoms with Crippen molar-refractivity contribution < 1.29 is 35.6 Å². The fraction of sp³-hybridized carbons (Fsp3) is 0.462. The van der Waals surface area contributed by atoms with Gasteiger partial charge in [-0.25, -0.2) is 12.8 Å². The molecule has 3 atom stereocenters. The van der Waals surface area contributed by atoms with Crippen LogP contribution in [0.4, 0.5) is 17.6 Å². The van der Waals surface area contributed by atoms with Crippen molar-refractivity contribution in [3.05, 3.63) is 64.5 Å². The van der Waals surface area contributed by atoms with Gasteiger partial charge in [-0.05, 0) is 67.9 Å². The minimum absolute atomic E-state index is 0.0240. The molecule has 1 aliphatic heterocycles. The van der Waals surface area contributed by atoms with Gasteiger partial charge in [0, 0.05) is 23.9 Å². The summed E-state index contributed by atoms with van der Waals surface area (Å²) in [5.41, 5.74) is -0.508. The number of sulfone groups is 1. The Morgan fingerprint density at radius 1 is 1.11 bits per heavy atom. The van der Waals surface area contributed by atoms with Crippen LogP contribution >= 0.6 is 0 Å². The number of alkyl halides is 3. The normalized spacial score (nSPS) is 21.1. The van der Waals surface area contributed by atoms with Gasteiger partial charge in [-0.3, -0.25) is 9.59 Å². The molecule has 2 fully saturated rings. The van der Waals surface area contributed by atoms with E-state index in [1.54, 1.807) is 6.92 Å². The second kappa shape index (κ2) is 9.74. The van der Waals surface area contributed by atoms with Crippen molar-refractivity contribution in [2.45, 2.75) is 56.3 Å². The molecule has 200 valence electrons. The molecule has 4 rings (SSSR count). The molecule has 11 heteroatoms. The van der Waals surface area contributed by atoms with Crippen molar-refractivity contribution in [2.75, 3.05) is 12.8 Å². The molecule has 0 bridgehead atoms. The van der Waals surface area contributed by atoms with Crippen LogP contribution in [-0.2, 0) is 20.8 Å². The number of halogens is 4. The van der Waals surface area contributed by atoms with Crippen molar-refractivity contribution in [2.24, 2.45) is 11.8 Å². The Balaban J connectivity index is 1.58. The largest absolute Gasteiger partial charge is 0.416 e. The zero-order valence-electron chi connectivity index (χ0n) is 20.6. The van der Waals surface area contributed by atoms with E-state index in [9.17, 15) is 35.6 Å². The predicted molar refractivity (Wildman–Crippen MR) is 128 cm³/mol. The molecule has 0 radical (unpaired) electrons. The van der Waals surface area contributed by atoms with Gasteiger partial charge < -0.3 is 10.2 Å². The summed E-state index contributed by atoms with van der Waals surface area (Å²) in [6.45, 7) is 3.76. The summed E-state index contributed by atoms with van der Waals surface area (Å²) in [5, 5.41) is 2.79. The van der Waals surface area contributed by atoms with Gasteiger partial charge in [0.25, 0.3) is 5.91 Å². The third-order valence-corrected chi connectivity index (χ3v) is 8.20. The lowest BCUT2D eigenvalue weighted by Crippen LogP contribution is -2.47. The predicted octanol–water partition coefficient (Wildman–Crippen LogP) is 4.67. The molecule has 0 spiro atoms. The molecule has 1 saturated carbocycles. The number of hydrogen-bond acceptors (Lipinski definition) is 4. The van der Waals surface area contributed by atoms with E-state index in [2.05, 4.69) is 5.32 Å². The van der Waals surface area contributed by atoms with Gasteiger partial charge >= 0.3 is 6.18 Å². The molecular weight excluding hydrogens is 512 g/mol. The highest BCUT2D eigenvalue weighted by atomic mass is 32.2. The molecule has 37 heavy (non-hydrogen) atoms. The van der Waals surface area contributed by atoms with Crippen LogP contribution in [0.15, 0.2) is 41.3 Å². The molecule has 1 N–H and O–H groups in total. The van der Waals surface area contributed by atoms with Crippen LogP contribution < -0.4 is 5.32 Å². The molecule has 2 aliphatic rings. The number of amides is 2. The van der Waals surface area contributed by atoms with Crippen LogP contribution in [0.2, 0.25) is 0 Å². The number of benzene rings is 2. The average molecular weight is 541 g/mol. The maximum Gasteiger partial charge on any atom is 0.416 e. The number of nitrogens with one attached hydrogen (secondary N) is 1. The first-order valence-corrected chi connectivity index (χ1v) is 13.8. The zero-order valence-corrected chi connectivity index (χ0v) is 21.4.